The van der Waals surface area contributed by atoms with E-state index in [1.54, 1.807) is 24.3 Å². The molecule has 0 spiro atoms. The molecule has 88 valence electrons. The van der Waals surface area contributed by atoms with Gasteiger partial charge in [0.1, 0.15) is 0 Å². The average molecular weight is 258 g/mol. The Balaban J connectivity index is 2.78. The van der Waals surface area contributed by atoms with Crippen molar-refractivity contribution in [3.63, 3.8) is 0 Å². The quantitative estimate of drug-likeness (QED) is 0.635. The van der Waals surface area contributed by atoms with Crippen LogP contribution in [0.3, 0.4) is 0 Å². The Kier molecular flexibility index (Phi) is 4.40. The molecule has 1 aromatic carbocycles. The summed E-state index contributed by atoms with van der Waals surface area (Å²) in [6.45, 7) is 3.74. The summed E-state index contributed by atoms with van der Waals surface area (Å²) in [6.07, 6.45) is 0.589. The zero-order valence-electron chi connectivity index (χ0n) is 9.15. The lowest BCUT2D eigenvalue weighted by Crippen LogP contribution is -2.40. The molecule has 0 saturated carbocycles. The van der Waals surface area contributed by atoms with Gasteiger partial charge in [-0.15, -0.1) is 4.83 Å². The zero-order chi connectivity index (χ0) is 12.2. The number of nitrogens with one attached hydrogen (secondary N) is 2. The summed E-state index contributed by atoms with van der Waals surface area (Å²) in [7, 11) is -3.53. The van der Waals surface area contributed by atoms with Gasteiger partial charge in [-0.05, 0) is 25.5 Å². The molecule has 0 aliphatic heterocycles. The SMILES string of the molecule is CCC(=S)NNS(=O)(=O)c1ccc(C)cc1. The van der Waals surface area contributed by atoms with Gasteiger partial charge < -0.3 is 5.43 Å². The Morgan fingerprint density at radius 3 is 2.38 bits per heavy atom. The molecule has 0 bridgehead atoms. The number of thiocarbonyl (C=S) groups is 1. The molecule has 0 radical (unpaired) electrons. The summed E-state index contributed by atoms with van der Waals surface area (Å²) >= 11 is 4.86. The summed E-state index contributed by atoms with van der Waals surface area (Å²) in [4.78, 5) is 2.89. The first-order valence-corrected chi connectivity index (χ1v) is 6.72. The van der Waals surface area contributed by atoms with Crippen LogP contribution in [0.2, 0.25) is 0 Å². The molecule has 0 amide bonds. The first-order valence-electron chi connectivity index (χ1n) is 4.83. The van der Waals surface area contributed by atoms with Crippen LogP contribution in [-0.2, 0) is 10.0 Å². The lowest BCUT2D eigenvalue weighted by Gasteiger charge is -2.09. The number of hydrazine groups is 1. The van der Waals surface area contributed by atoms with Crippen molar-refractivity contribution in [3.05, 3.63) is 29.8 Å². The van der Waals surface area contributed by atoms with Gasteiger partial charge in [0, 0.05) is 0 Å². The van der Waals surface area contributed by atoms with Crippen LogP contribution in [0.15, 0.2) is 29.2 Å². The highest BCUT2D eigenvalue weighted by Crippen LogP contribution is 2.08. The maximum absolute atomic E-state index is 11.7. The lowest BCUT2D eigenvalue weighted by molar-refractivity contribution is 0.577. The lowest BCUT2D eigenvalue weighted by atomic mass is 10.2. The first kappa shape index (κ1) is 13.1. The van der Waals surface area contributed by atoms with Crippen LogP contribution in [0.1, 0.15) is 18.9 Å². The van der Waals surface area contributed by atoms with Crippen molar-refractivity contribution in [3.8, 4) is 0 Å². The van der Waals surface area contributed by atoms with Crippen molar-refractivity contribution in [2.45, 2.75) is 25.2 Å². The van der Waals surface area contributed by atoms with Crippen molar-refractivity contribution in [1.82, 2.24) is 10.3 Å². The van der Waals surface area contributed by atoms with Crippen LogP contribution in [-0.4, -0.2) is 13.4 Å². The highest BCUT2D eigenvalue weighted by atomic mass is 32.2. The van der Waals surface area contributed by atoms with Crippen molar-refractivity contribution in [1.29, 1.82) is 0 Å². The summed E-state index contributed by atoms with van der Waals surface area (Å²) in [5.41, 5.74) is 3.49. The van der Waals surface area contributed by atoms with E-state index in [0.717, 1.165) is 5.56 Å². The largest absolute Gasteiger partial charge is 0.302 e. The van der Waals surface area contributed by atoms with Gasteiger partial charge in [0.15, 0.2) is 0 Å². The van der Waals surface area contributed by atoms with Gasteiger partial charge in [-0.1, -0.05) is 36.8 Å². The van der Waals surface area contributed by atoms with Crippen LogP contribution in [0.5, 0.6) is 0 Å². The Morgan fingerprint density at radius 2 is 1.88 bits per heavy atom. The molecular weight excluding hydrogens is 244 g/mol. The fourth-order valence-corrected chi connectivity index (χ4v) is 1.97. The number of sulfonamides is 1. The van der Waals surface area contributed by atoms with Crippen LogP contribution in [0, 0.1) is 6.92 Å². The third-order valence-corrected chi connectivity index (χ3v) is 3.63. The van der Waals surface area contributed by atoms with E-state index >= 15 is 0 Å². The molecule has 0 aliphatic rings. The smallest absolute Gasteiger partial charge is 0.257 e. The van der Waals surface area contributed by atoms with Crippen molar-refractivity contribution < 1.29 is 8.42 Å². The average Bonchev–Trinajstić information content (AvgIpc) is 2.26. The highest BCUT2D eigenvalue weighted by Gasteiger charge is 2.12. The molecule has 0 unspecified atom stereocenters. The number of benzene rings is 1. The minimum Gasteiger partial charge on any atom is -0.302 e. The molecule has 4 nitrogen and oxygen atoms in total. The normalized spacial score (nSPS) is 11.1. The van der Waals surface area contributed by atoms with E-state index in [1.807, 2.05) is 13.8 Å². The fraction of sp³-hybridized carbons (Fsp3) is 0.300. The Labute approximate surface area is 101 Å². The third kappa shape index (κ3) is 3.55. The Morgan fingerprint density at radius 1 is 1.31 bits per heavy atom. The maximum atomic E-state index is 11.7. The van der Waals surface area contributed by atoms with E-state index in [1.165, 1.54) is 0 Å². The summed E-state index contributed by atoms with van der Waals surface area (Å²) < 4.78 is 23.5. The van der Waals surface area contributed by atoms with Crippen LogP contribution < -0.4 is 10.3 Å². The molecule has 0 aromatic heterocycles. The molecule has 0 fully saturated rings. The van der Waals surface area contributed by atoms with E-state index in [2.05, 4.69) is 10.3 Å². The molecular formula is C10H14N2O2S2. The molecule has 1 aromatic rings. The molecule has 0 heterocycles. The summed E-state index contributed by atoms with van der Waals surface area (Å²) in [5.74, 6) is 0. The standard InChI is InChI=1S/C10H14N2O2S2/c1-3-10(15)11-12-16(13,14)9-6-4-8(2)5-7-9/h4-7,12H,3H2,1-2H3,(H,11,15). The van der Waals surface area contributed by atoms with Crippen molar-refractivity contribution >= 4 is 27.2 Å². The van der Waals surface area contributed by atoms with Crippen molar-refractivity contribution in [2.75, 3.05) is 0 Å². The molecule has 0 atom stereocenters. The van der Waals surface area contributed by atoms with E-state index < -0.39 is 10.0 Å². The van der Waals surface area contributed by atoms with Crippen LogP contribution in [0.25, 0.3) is 0 Å². The zero-order valence-corrected chi connectivity index (χ0v) is 10.8. The second-order valence-electron chi connectivity index (χ2n) is 3.32. The minimum absolute atomic E-state index is 0.213. The van der Waals surface area contributed by atoms with Gasteiger partial charge >= 0.3 is 0 Å². The second kappa shape index (κ2) is 5.38. The number of aryl methyl sites for hydroxylation is 1. The van der Waals surface area contributed by atoms with Gasteiger partial charge in [-0.2, -0.15) is 0 Å². The summed E-state index contributed by atoms with van der Waals surface area (Å²) in [5, 5.41) is 0. The molecule has 1 rings (SSSR count). The van der Waals surface area contributed by atoms with E-state index in [0.29, 0.717) is 11.4 Å². The fourth-order valence-electron chi connectivity index (χ4n) is 0.989. The molecule has 0 saturated heterocycles. The third-order valence-electron chi connectivity index (χ3n) is 1.98. The maximum Gasteiger partial charge on any atom is 0.257 e. The van der Waals surface area contributed by atoms with Gasteiger partial charge in [0.2, 0.25) is 0 Å². The van der Waals surface area contributed by atoms with Gasteiger partial charge in [0.05, 0.1) is 9.88 Å². The predicted octanol–water partition coefficient (Wildman–Crippen LogP) is 1.52. The minimum atomic E-state index is -3.53. The van der Waals surface area contributed by atoms with Gasteiger partial charge in [-0.3, -0.25) is 0 Å². The number of rotatable bonds is 4. The highest BCUT2D eigenvalue weighted by molar-refractivity contribution is 7.89. The topological polar surface area (TPSA) is 58.2 Å². The van der Waals surface area contributed by atoms with Gasteiger partial charge in [0.25, 0.3) is 10.0 Å². The number of hydrogen-bond donors (Lipinski definition) is 2. The Hall–Kier alpha value is -0.980. The molecule has 16 heavy (non-hydrogen) atoms. The van der Waals surface area contributed by atoms with E-state index in [-0.39, 0.29) is 4.90 Å². The van der Waals surface area contributed by atoms with Crippen molar-refractivity contribution in [2.24, 2.45) is 0 Å². The van der Waals surface area contributed by atoms with Gasteiger partial charge in [-0.25, -0.2) is 8.42 Å². The van der Waals surface area contributed by atoms with E-state index in [4.69, 9.17) is 12.2 Å². The van der Waals surface area contributed by atoms with Crippen LogP contribution in [0.4, 0.5) is 0 Å². The Bertz CT molecular complexity index is 466. The molecule has 2 N–H and O–H groups in total. The predicted molar refractivity (Wildman–Crippen MR) is 67.5 cm³/mol. The number of hydrogen-bond acceptors (Lipinski definition) is 3. The molecule has 0 aliphatic carbocycles. The second-order valence-corrected chi connectivity index (χ2v) is 5.50. The van der Waals surface area contributed by atoms with Crippen LogP contribution >= 0.6 is 12.2 Å². The monoisotopic (exact) mass is 258 g/mol. The molecule has 6 heteroatoms. The van der Waals surface area contributed by atoms with E-state index in [9.17, 15) is 8.42 Å². The first-order chi connectivity index (χ1) is 7.45. The summed E-state index contributed by atoms with van der Waals surface area (Å²) in [6, 6.07) is 6.59.